The number of esters is 2. The number of carbonyl (C=O) groups excluding carboxylic acids is 2. The van der Waals surface area contributed by atoms with Gasteiger partial charge < -0.3 is 9.47 Å². The third-order valence-corrected chi connectivity index (χ3v) is 13.2. The van der Waals surface area contributed by atoms with E-state index >= 15 is 0 Å². The summed E-state index contributed by atoms with van der Waals surface area (Å²) < 4.78 is 11.7. The van der Waals surface area contributed by atoms with Crippen LogP contribution in [0.3, 0.4) is 0 Å². The molecule has 1 atom stereocenters. The summed E-state index contributed by atoms with van der Waals surface area (Å²) in [5.41, 5.74) is 4.34. The van der Waals surface area contributed by atoms with Crippen LogP contribution in [-0.2, 0) is 22.3 Å². The summed E-state index contributed by atoms with van der Waals surface area (Å²) in [5, 5.41) is 0. The van der Waals surface area contributed by atoms with Gasteiger partial charge in [-0.05, 0) is 90.3 Å². The Kier molecular flexibility index (Phi) is 19.6. The first-order valence-corrected chi connectivity index (χ1v) is 23.1. The first-order chi connectivity index (χ1) is 27.5. The molecule has 2 saturated carbocycles. The molecule has 0 amide bonds. The quantitative estimate of drug-likeness (QED) is 0.0674. The first-order valence-electron chi connectivity index (χ1n) is 23.1. The lowest BCUT2D eigenvalue weighted by molar-refractivity contribution is -0.00133. The Labute approximate surface area is 340 Å². The van der Waals surface area contributed by atoms with Crippen LogP contribution >= 0.6 is 0 Å². The van der Waals surface area contributed by atoms with E-state index in [2.05, 4.69) is 38.1 Å². The SMILES string of the molecule is CCCCCC1CCC(CCCCc2ccc(C(=O)OC[C@H](OC(=O)c3ccc(CCCCC4CCC(CCCCC)CC4)cc3)c3ccccc3)cc2)CC1. The topological polar surface area (TPSA) is 52.6 Å². The maximum absolute atomic E-state index is 13.3. The third-order valence-electron chi connectivity index (χ3n) is 13.2. The Morgan fingerprint density at radius 1 is 0.500 bits per heavy atom. The van der Waals surface area contributed by atoms with Gasteiger partial charge in [0.25, 0.3) is 0 Å². The Hall–Kier alpha value is -3.40. The summed E-state index contributed by atoms with van der Waals surface area (Å²) in [4.78, 5) is 26.4. The molecule has 5 rings (SSSR count). The number of aryl methyl sites for hydroxylation is 2. The molecule has 2 fully saturated rings. The highest BCUT2D eigenvalue weighted by molar-refractivity contribution is 5.90. The van der Waals surface area contributed by atoms with Gasteiger partial charge in [0.1, 0.15) is 6.61 Å². The molecular weight excluding hydrogens is 689 g/mol. The van der Waals surface area contributed by atoms with Crippen LogP contribution in [0.5, 0.6) is 0 Å². The number of hydrogen-bond donors (Lipinski definition) is 0. The highest BCUT2D eigenvalue weighted by Gasteiger charge is 2.23. The van der Waals surface area contributed by atoms with Gasteiger partial charge in [-0.3, -0.25) is 0 Å². The van der Waals surface area contributed by atoms with Crippen molar-refractivity contribution in [2.24, 2.45) is 23.7 Å². The molecule has 3 aromatic rings. The Balaban J connectivity index is 0.997. The molecule has 0 heterocycles. The van der Waals surface area contributed by atoms with Crippen molar-refractivity contribution < 1.29 is 19.1 Å². The molecule has 4 nitrogen and oxygen atoms in total. The number of benzene rings is 3. The normalized spacial score (nSPS) is 20.3. The van der Waals surface area contributed by atoms with E-state index in [9.17, 15) is 9.59 Å². The van der Waals surface area contributed by atoms with Crippen molar-refractivity contribution in [1.82, 2.24) is 0 Å². The first kappa shape index (κ1) is 43.7. The van der Waals surface area contributed by atoms with Crippen LogP contribution in [0.15, 0.2) is 78.9 Å². The molecule has 306 valence electrons. The van der Waals surface area contributed by atoms with Gasteiger partial charge in [0.05, 0.1) is 11.1 Å². The molecule has 4 heteroatoms. The summed E-state index contributed by atoms with van der Waals surface area (Å²) >= 11 is 0. The van der Waals surface area contributed by atoms with E-state index in [1.165, 1.54) is 152 Å². The van der Waals surface area contributed by atoms with Crippen LogP contribution < -0.4 is 0 Å². The second-order valence-corrected chi connectivity index (χ2v) is 17.6. The molecule has 0 radical (unpaired) electrons. The summed E-state index contributed by atoms with van der Waals surface area (Å²) in [5.74, 6) is 2.97. The number of hydrogen-bond acceptors (Lipinski definition) is 4. The van der Waals surface area contributed by atoms with Gasteiger partial charge in [0, 0.05) is 0 Å². The second-order valence-electron chi connectivity index (χ2n) is 17.6. The minimum absolute atomic E-state index is 0.0460. The van der Waals surface area contributed by atoms with Crippen molar-refractivity contribution in [2.75, 3.05) is 6.61 Å². The van der Waals surface area contributed by atoms with E-state index in [0.29, 0.717) is 11.1 Å². The average Bonchev–Trinajstić information content (AvgIpc) is 3.24. The van der Waals surface area contributed by atoms with Crippen molar-refractivity contribution in [2.45, 2.75) is 174 Å². The molecule has 0 aromatic heterocycles. The van der Waals surface area contributed by atoms with E-state index in [4.69, 9.17) is 9.47 Å². The minimum Gasteiger partial charge on any atom is -0.458 e. The molecular formula is C52H74O4. The molecule has 0 unspecified atom stereocenters. The fourth-order valence-electron chi connectivity index (χ4n) is 9.42. The van der Waals surface area contributed by atoms with Gasteiger partial charge in [-0.15, -0.1) is 0 Å². The number of carbonyl (C=O) groups is 2. The van der Waals surface area contributed by atoms with Gasteiger partial charge >= 0.3 is 11.9 Å². The smallest absolute Gasteiger partial charge is 0.338 e. The largest absolute Gasteiger partial charge is 0.458 e. The number of ether oxygens (including phenoxy) is 2. The monoisotopic (exact) mass is 763 g/mol. The maximum atomic E-state index is 13.3. The molecule has 0 saturated heterocycles. The fourth-order valence-corrected chi connectivity index (χ4v) is 9.42. The highest BCUT2D eigenvalue weighted by Crippen LogP contribution is 2.36. The van der Waals surface area contributed by atoms with Gasteiger partial charge in [-0.1, -0.05) is 197 Å². The molecule has 2 aliphatic carbocycles. The standard InChI is InChI=1S/C52H74O4/c1-3-5-8-16-41-24-28-43(29-25-41)18-12-14-20-45-32-36-48(37-33-45)51(53)55-40-50(47-22-10-7-11-23-47)56-52(54)49-38-34-46(35-39-49)21-15-13-19-44-30-26-42(27-31-44)17-9-6-4-2/h7,10-11,22-23,32-39,41-44,50H,3-6,8-9,12-21,24-31,40H2,1-2H3/t41?,42?,43?,44?,50-/m0/s1. The van der Waals surface area contributed by atoms with Gasteiger partial charge in [0.2, 0.25) is 0 Å². The van der Waals surface area contributed by atoms with E-state index in [0.717, 1.165) is 42.1 Å². The van der Waals surface area contributed by atoms with Crippen molar-refractivity contribution in [3.63, 3.8) is 0 Å². The lowest BCUT2D eigenvalue weighted by Gasteiger charge is -2.28. The van der Waals surface area contributed by atoms with Crippen molar-refractivity contribution in [1.29, 1.82) is 0 Å². The molecule has 2 aliphatic rings. The zero-order valence-electron chi connectivity index (χ0n) is 35.2. The predicted molar refractivity (Wildman–Crippen MR) is 232 cm³/mol. The van der Waals surface area contributed by atoms with Crippen molar-refractivity contribution in [3.05, 3.63) is 107 Å². The molecule has 0 bridgehead atoms. The van der Waals surface area contributed by atoms with E-state index in [-0.39, 0.29) is 6.61 Å². The predicted octanol–water partition coefficient (Wildman–Crippen LogP) is 14.6. The van der Waals surface area contributed by atoms with Crippen molar-refractivity contribution >= 4 is 11.9 Å². The average molecular weight is 763 g/mol. The molecule has 0 spiro atoms. The maximum Gasteiger partial charge on any atom is 0.338 e. The number of rotatable bonds is 24. The van der Waals surface area contributed by atoms with Gasteiger partial charge in [-0.2, -0.15) is 0 Å². The van der Waals surface area contributed by atoms with Gasteiger partial charge in [0.15, 0.2) is 6.10 Å². The van der Waals surface area contributed by atoms with E-state index in [1.54, 1.807) is 0 Å². The van der Waals surface area contributed by atoms with E-state index in [1.807, 2.05) is 54.6 Å². The molecule has 0 N–H and O–H groups in total. The highest BCUT2D eigenvalue weighted by atomic mass is 16.6. The summed E-state index contributed by atoms with van der Waals surface area (Å²) in [7, 11) is 0. The van der Waals surface area contributed by atoms with Crippen molar-refractivity contribution in [3.8, 4) is 0 Å². The van der Waals surface area contributed by atoms with E-state index < -0.39 is 18.0 Å². The zero-order valence-corrected chi connectivity index (χ0v) is 35.2. The fraction of sp³-hybridized carbons (Fsp3) is 0.615. The van der Waals surface area contributed by atoms with Gasteiger partial charge in [-0.25, -0.2) is 9.59 Å². The Morgan fingerprint density at radius 3 is 1.30 bits per heavy atom. The van der Waals surface area contributed by atoms with Crippen LogP contribution in [0.2, 0.25) is 0 Å². The summed E-state index contributed by atoms with van der Waals surface area (Å²) in [6.45, 7) is 4.55. The van der Waals surface area contributed by atoms with Crippen LogP contribution in [0, 0.1) is 23.7 Å². The summed E-state index contributed by atoms with van der Waals surface area (Å²) in [6, 6.07) is 25.2. The molecule has 56 heavy (non-hydrogen) atoms. The van der Waals surface area contributed by atoms with Crippen LogP contribution in [0.4, 0.5) is 0 Å². The second kappa shape index (κ2) is 25.1. The summed E-state index contributed by atoms with van der Waals surface area (Å²) in [6.07, 6.45) is 31.6. The van der Waals surface area contributed by atoms with Crippen LogP contribution in [0.1, 0.15) is 199 Å². The lowest BCUT2D eigenvalue weighted by atomic mass is 9.78. The molecule has 3 aromatic carbocycles. The third kappa shape index (κ3) is 15.5. The Morgan fingerprint density at radius 2 is 0.893 bits per heavy atom. The lowest BCUT2D eigenvalue weighted by Crippen LogP contribution is -2.19. The van der Waals surface area contributed by atoms with Crippen LogP contribution in [-0.4, -0.2) is 18.5 Å². The Bertz CT molecular complexity index is 1500. The number of unbranched alkanes of at least 4 members (excludes halogenated alkanes) is 6. The minimum atomic E-state index is -0.700. The molecule has 0 aliphatic heterocycles. The zero-order chi connectivity index (χ0) is 39.2. The van der Waals surface area contributed by atoms with Crippen LogP contribution in [0.25, 0.3) is 0 Å².